The Morgan fingerprint density at radius 2 is 2.08 bits per heavy atom. The Kier molecular flexibility index (Phi) is 3.90. The predicted molar refractivity (Wildman–Crippen MR) is 90.5 cm³/mol. The maximum absolute atomic E-state index is 12.5. The van der Waals surface area contributed by atoms with Crippen molar-refractivity contribution in [1.82, 2.24) is 30.7 Å². The maximum atomic E-state index is 12.5. The molecular formula is C17H18N6O3. The zero-order valence-electron chi connectivity index (χ0n) is 13.9. The van der Waals surface area contributed by atoms with E-state index in [1.54, 1.807) is 41.5 Å². The summed E-state index contributed by atoms with van der Waals surface area (Å²) in [6.45, 7) is 0. The molecule has 0 atom stereocenters. The number of carbonyl (C=O) groups is 3. The fourth-order valence-corrected chi connectivity index (χ4v) is 3.49. The van der Waals surface area contributed by atoms with Crippen molar-refractivity contribution in [3.05, 3.63) is 42.4 Å². The summed E-state index contributed by atoms with van der Waals surface area (Å²) in [5.41, 5.74) is -0.319. The third kappa shape index (κ3) is 2.92. The van der Waals surface area contributed by atoms with Crippen molar-refractivity contribution in [2.45, 2.75) is 37.3 Å². The number of imide groups is 1. The molecule has 0 bridgehead atoms. The quantitative estimate of drug-likeness (QED) is 0.695. The van der Waals surface area contributed by atoms with E-state index in [4.69, 9.17) is 0 Å². The molecule has 3 N–H and O–H groups in total. The summed E-state index contributed by atoms with van der Waals surface area (Å²) >= 11 is 0. The number of hydrogen-bond donors (Lipinski definition) is 3. The largest absolute Gasteiger partial charge is 0.349 e. The van der Waals surface area contributed by atoms with Crippen LogP contribution >= 0.6 is 0 Å². The van der Waals surface area contributed by atoms with Crippen molar-refractivity contribution in [3.63, 3.8) is 0 Å². The van der Waals surface area contributed by atoms with Gasteiger partial charge in [0.15, 0.2) is 5.82 Å². The number of nitrogens with zero attached hydrogens (tertiary/aromatic N) is 3. The molecule has 1 aliphatic carbocycles. The van der Waals surface area contributed by atoms with Crippen molar-refractivity contribution in [1.29, 1.82) is 0 Å². The van der Waals surface area contributed by atoms with Gasteiger partial charge in [0.1, 0.15) is 5.54 Å². The van der Waals surface area contributed by atoms with Crippen molar-refractivity contribution >= 4 is 17.8 Å². The van der Waals surface area contributed by atoms with Gasteiger partial charge in [0.25, 0.3) is 11.8 Å². The third-order valence-electron chi connectivity index (χ3n) is 4.94. The summed E-state index contributed by atoms with van der Waals surface area (Å²) in [6.07, 6.45) is 7.22. The summed E-state index contributed by atoms with van der Waals surface area (Å²) in [5.74, 6) is 0.0996. The number of aromatic nitrogens is 3. The molecule has 0 radical (unpaired) electrons. The lowest BCUT2D eigenvalue weighted by Gasteiger charge is -2.34. The van der Waals surface area contributed by atoms with Crippen LogP contribution in [-0.2, 0) is 4.79 Å². The SMILES string of the molecule is O=C1NC(=O)C2(CCC(NC(=O)c3ccnc(-n4cccn4)c3)CC2)N1. The number of carbonyl (C=O) groups excluding carboxylic acids is 3. The number of amides is 4. The molecule has 134 valence electrons. The topological polar surface area (TPSA) is 118 Å². The van der Waals surface area contributed by atoms with Gasteiger partial charge in [-0.3, -0.25) is 14.9 Å². The van der Waals surface area contributed by atoms with Crippen LogP contribution in [0.3, 0.4) is 0 Å². The molecule has 2 aromatic rings. The Morgan fingerprint density at radius 1 is 1.27 bits per heavy atom. The van der Waals surface area contributed by atoms with Crippen LogP contribution in [0.5, 0.6) is 0 Å². The molecule has 26 heavy (non-hydrogen) atoms. The normalized spacial score (nSPS) is 25.0. The highest BCUT2D eigenvalue weighted by Crippen LogP contribution is 2.31. The molecule has 1 saturated carbocycles. The molecule has 2 aromatic heterocycles. The Balaban J connectivity index is 1.40. The van der Waals surface area contributed by atoms with Crippen LogP contribution in [0, 0.1) is 0 Å². The highest BCUT2D eigenvalue weighted by atomic mass is 16.2. The number of pyridine rings is 1. The standard InChI is InChI=1S/C17H18N6O3/c24-14(11-4-8-18-13(10-11)23-9-1-7-19-23)20-12-2-5-17(6-3-12)15(25)21-16(26)22-17/h1,4,7-10,12H,2-3,5-6H2,(H,20,24)(H2,21,22,25,26). The minimum atomic E-state index is -0.817. The Hall–Kier alpha value is -3.23. The van der Waals surface area contributed by atoms with Gasteiger partial charge in [-0.25, -0.2) is 14.5 Å². The van der Waals surface area contributed by atoms with E-state index in [1.165, 1.54) is 0 Å². The Labute approximate surface area is 149 Å². The fourth-order valence-electron chi connectivity index (χ4n) is 3.49. The number of urea groups is 1. The number of hydrogen-bond acceptors (Lipinski definition) is 5. The van der Waals surface area contributed by atoms with Crippen molar-refractivity contribution in [2.75, 3.05) is 0 Å². The van der Waals surface area contributed by atoms with E-state index in [0.717, 1.165) is 0 Å². The molecule has 4 amide bonds. The van der Waals surface area contributed by atoms with Gasteiger partial charge >= 0.3 is 6.03 Å². The summed E-state index contributed by atoms with van der Waals surface area (Å²) in [6, 6.07) is 4.62. The zero-order valence-corrected chi connectivity index (χ0v) is 13.9. The van der Waals surface area contributed by atoms with Crippen molar-refractivity contribution in [3.8, 4) is 5.82 Å². The molecule has 4 rings (SSSR count). The van der Waals surface area contributed by atoms with E-state index in [-0.39, 0.29) is 17.9 Å². The van der Waals surface area contributed by atoms with Gasteiger partial charge in [-0.05, 0) is 43.9 Å². The minimum Gasteiger partial charge on any atom is -0.349 e. The second kappa shape index (κ2) is 6.25. The maximum Gasteiger partial charge on any atom is 0.322 e. The number of rotatable bonds is 3. The lowest BCUT2D eigenvalue weighted by Crippen LogP contribution is -2.52. The highest BCUT2D eigenvalue weighted by Gasteiger charge is 2.48. The van der Waals surface area contributed by atoms with Gasteiger partial charge in [0.2, 0.25) is 0 Å². The molecule has 1 aliphatic heterocycles. The minimum absolute atomic E-state index is 0.0419. The van der Waals surface area contributed by atoms with E-state index in [0.29, 0.717) is 37.1 Å². The van der Waals surface area contributed by atoms with Crippen LogP contribution < -0.4 is 16.0 Å². The first-order valence-electron chi connectivity index (χ1n) is 8.46. The van der Waals surface area contributed by atoms with Crippen LogP contribution in [0.2, 0.25) is 0 Å². The monoisotopic (exact) mass is 354 g/mol. The van der Waals surface area contributed by atoms with Gasteiger partial charge < -0.3 is 10.6 Å². The van der Waals surface area contributed by atoms with Crippen LogP contribution in [0.1, 0.15) is 36.0 Å². The lowest BCUT2D eigenvalue weighted by molar-refractivity contribution is -0.125. The van der Waals surface area contributed by atoms with Gasteiger partial charge in [0.05, 0.1) is 0 Å². The zero-order chi connectivity index (χ0) is 18.1. The molecule has 0 aromatic carbocycles. The third-order valence-corrected chi connectivity index (χ3v) is 4.94. The van der Waals surface area contributed by atoms with Gasteiger partial charge in [-0.2, -0.15) is 5.10 Å². The summed E-state index contributed by atoms with van der Waals surface area (Å²) < 4.78 is 1.59. The van der Waals surface area contributed by atoms with E-state index in [1.807, 2.05) is 0 Å². The lowest BCUT2D eigenvalue weighted by atomic mass is 9.79. The first-order valence-corrected chi connectivity index (χ1v) is 8.46. The van der Waals surface area contributed by atoms with E-state index < -0.39 is 11.6 Å². The van der Waals surface area contributed by atoms with Gasteiger partial charge in [-0.15, -0.1) is 0 Å². The molecule has 9 nitrogen and oxygen atoms in total. The molecule has 3 heterocycles. The van der Waals surface area contributed by atoms with Crippen LogP contribution in [0.15, 0.2) is 36.8 Å². The average molecular weight is 354 g/mol. The van der Waals surface area contributed by atoms with E-state index in [9.17, 15) is 14.4 Å². The molecule has 0 unspecified atom stereocenters. The average Bonchev–Trinajstić information content (AvgIpc) is 3.26. The summed E-state index contributed by atoms with van der Waals surface area (Å²) in [7, 11) is 0. The molecule has 9 heteroatoms. The predicted octanol–water partition coefficient (Wildman–Crippen LogP) is 0.518. The summed E-state index contributed by atoms with van der Waals surface area (Å²) in [5, 5.41) is 12.1. The molecule has 1 saturated heterocycles. The number of nitrogens with one attached hydrogen (secondary N) is 3. The van der Waals surface area contributed by atoms with Crippen molar-refractivity contribution in [2.24, 2.45) is 0 Å². The van der Waals surface area contributed by atoms with Gasteiger partial charge in [0, 0.05) is 30.2 Å². The van der Waals surface area contributed by atoms with Crippen LogP contribution in [0.25, 0.3) is 5.82 Å². The van der Waals surface area contributed by atoms with E-state index >= 15 is 0 Å². The summed E-state index contributed by atoms with van der Waals surface area (Å²) in [4.78, 5) is 40.1. The van der Waals surface area contributed by atoms with Crippen LogP contribution in [-0.4, -0.2) is 44.2 Å². The molecule has 2 fully saturated rings. The second-order valence-corrected chi connectivity index (χ2v) is 6.59. The smallest absolute Gasteiger partial charge is 0.322 e. The Bertz CT molecular complexity index is 855. The molecule has 2 aliphatic rings. The molecule has 1 spiro atoms. The fraction of sp³-hybridized carbons (Fsp3) is 0.353. The molecular weight excluding hydrogens is 336 g/mol. The van der Waals surface area contributed by atoms with Gasteiger partial charge in [-0.1, -0.05) is 0 Å². The van der Waals surface area contributed by atoms with Crippen LogP contribution in [0.4, 0.5) is 4.79 Å². The Morgan fingerprint density at radius 3 is 2.73 bits per heavy atom. The van der Waals surface area contributed by atoms with E-state index in [2.05, 4.69) is 26.0 Å². The van der Waals surface area contributed by atoms with Crippen molar-refractivity contribution < 1.29 is 14.4 Å². The highest BCUT2D eigenvalue weighted by molar-refractivity contribution is 6.07. The second-order valence-electron chi connectivity index (χ2n) is 6.59. The first-order chi connectivity index (χ1) is 12.6. The first kappa shape index (κ1) is 16.2.